The molecule has 120 valence electrons. The average molecular weight is 311 g/mol. The Kier molecular flexibility index (Phi) is 8.79. The highest BCUT2D eigenvalue weighted by Crippen LogP contribution is 2.26. The Morgan fingerprint density at radius 3 is 2.52 bits per heavy atom. The topological polar surface area (TPSA) is 15.3 Å². The molecule has 1 atom stereocenters. The fourth-order valence-corrected chi connectivity index (χ4v) is 2.65. The van der Waals surface area contributed by atoms with Crippen LogP contribution in [-0.2, 0) is 6.54 Å². The zero-order valence-corrected chi connectivity index (χ0v) is 14.8. The third-order valence-corrected chi connectivity index (χ3v) is 4.34. The van der Waals surface area contributed by atoms with Crippen molar-refractivity contribution in [3.8, 4) is 0 Å². The Labute approximate surface area is 135 Å². The van der Waals surface area contributed by atoms with Crippen LogP contribution in [0.2, 0.25) is 5.02 Å². The van der Waals surface area contributed by atoms with Crippen LogP contribution in [-0.4, -0.2) is 19.1 Å². The quantitative estimate of drug-likeness (QED) is 0.594. The summed E-state index contributed by atoms with van der Waals surface area (Å²) < 4.78 is 0. The number of benzene rings is 1. The first-order valence-electron chi connectivity index (χ1n) is 8.39. The molecule has 0 aromatic heterocycles. The van der Waals surface area contributed by atoms with E-state index >= 15 is 0 Å². The van der Waals surface area contributed by atoms with Crippen LogP contribution in [0, 0.1) is 0 Å². The summed E-state index contributed by atoms with van der Waals surface area (Å²) in [5.41, 5.74) is 2.44. The molecule has 0 radical (unpaired) electrons. The number of halogens is 1. The van der Waals surface area contributed by atoms with Crippen molar-refractivity contribution in [1.82, 2.24) is 5.32 Å². The van der Waals surface area contributed by atoms with E-state index in [2.05, 4.69) is 56.1 Å². The number of unbranched alkanes of at least 4 members (excludes halogenated alkanes) is 1. The van der Waals surface area contributed by atoms with Crippen LogP contribution < -0.4 is 10.2 Å². The summed E-state index contributed by atoms with van der Waals surface area (Å²) in [4.78, 5) is 2.48. The van der Waals surface area contributed by atoms with Gasteiger partial charge in [0.1, 0.15) is 0 Å². The third kappa shape index (κ3) is 5.88. The molecule has 0 saturated heterocycles. The molecule has 3 heteroatoms. The van der Waals surface area contributed by atoms with E-state index in [9.17, 15) is 0 Å². The van der Waals surface area contributed by atoms with Gasteiger partial charge in [0.05, 0.1) is 0 Å². The van der Waals surface area contributed by atoms with E-state index in [1.807, 2.05) is 0 Å². The molecule has 1 N–H and O–H groups in total. The smallest absolute Gasteiger partial charge is 0.0471 e. The third-order valence-electron chi connectivity index (χ3n) is 3.99. The SMILES string of the molecule is CCCCN(c1ccc(CNCCC)c(Cl)c1)C(C)CC. The van der Waals surface area contributed by atoms with E-state index in [1.165, 1.54) is 24.1 Å². The van der Waals surface area contributed by atoms with Crippen LogP contribution in [0.5, 0.6) is 0 Å². The first-order valence-corrected chi connectivity index (χ1v) is 8.77. The molecule has 21 heavy (non-hydrogen) atoms. The maximum atomic E-state index is 6.47. The summed E-state index contributed by atoms with van der Waals surface area (Å²) in [6.07, 6.45) is 4.75. The molecule has 2 nitrogen and oxygen atoms in total. The Bertz CT molecular complexity index is 406. The van der Waals surface area contributed by atoms with Crippen molar-refractivity contribution >= 4 is 17.3 Å². The van der Waals surface area contributed by atoms with Gasteiger partial charge in [-0.15, -0.1) is 0 Å². The van der Waals surface area contributed by atoms with Crippen molar-refractivity contribution in [3.63, 3.8) is 0 Å². The van der Waals surface area contributed by atoms with Crippen molar-refractivity contribution in [2.75, 3.05) is 18.0 Å². The predicted molar refractivity (Wildman–Crippen MR) is 95.5 cm³/mol. The fraction of sp³-hybridized carbons (Fsp3) is 0.667. The number of hydrogen-bond donors (Lipinski definition) is 1. The normalized spacial score (nSPS) is 12.4. The van der Waals surface area contributed by atoms with E-state index in [-0.39, 0.29) is 0 Å². The van der Waals surface area contributed by atoms with Crippen molar-refractivity contribution < 1.29 is 0 Å². The lowest BCUT2D eigenvalue weighted by Crippen LogP contribution is -2.33. The van der Waals surface area contributed by atoms with Crippen molar-refractivity contribution in [2.24, 2.45) is 0 Å². The second-order valence-electron chi connectivity index (χ2n) is 5.76. The molecule has 0 aliphatic heterocycles. The number of nitrogens with zero attached hydrogens (tertiary/aromatic N) is 1. The van der Waals surface area contributed by atoms with E-state index in [0.29, 0.717) is 6.04 Å². The lowest BCUT2D eigenvalue weighted by atomic mass is 10.1. The van der Waals surface area contributed by atoms with Gasteiger partial charge in [-0.3, -0.25) is 0 Å². The number of anilines is 1. The molecule has 0 bridgehead atoms. The second kappa shape index (κ2) is 10.1. The van der Waals surface area contributed by atoms with Gasteiger partial charge in [-0.2, -0.15) is 0 Å². The molecular formula is C18H31ClN2. The van der Waals surface area contributed by atoms with Gasteiger partial charge in [-0.25, -0.2) is 0 Å². The fourth-order valence-electron chi connectivity index (χ4n) is 2.41. The molecule has 0 aliphatic carbocycles. The highest BCUT2D eigenvalue weighted by atomic mass is 35.5. The van der Waals surface area contributed by atoms with Crippen LogP contribution in [0.25, 0.3) is 0 Å². The standard InChI is InChI=1S/C18H31ClN2/c1-5-8-12-21(15(4)7-3)17-10-9-16(18(19)13-17)14-20-11-6-2/h9-10,13,15,20H,5-8,11-12,14H2,1-4H3. The lowest BCUT2D eigenvalue weighted by molar-refractivity contribution is 0.595. The monoisotopic (exact) mass is 310 g/mol. The Balaban J connectivity index is 2.82. The van der Waals surface area contributed by atoms with E-state index in [1.54, 1.807) is 0 Å². The average Bonchev–Trinajstić information content (AvgIpc) is 2.49. The lowest BCUT2D eigenvalue weighted by Gasteiger charge is -2.31. The molecule has 0 fully saturated rings. The molecular weight excluding hydrogens is 280 g/mol. The Morgan fingerprint density at radius 1 is 1.19 bits per heavy atom. The van der Waals surface area contributed by atoms with Crippen molar-refractivity contribution in [3.05, 3.63) is 28.8 Å². The highest BCUT2D eigenvalue weighted by Gasteiger charge is 2.13. The van der Waals surface area contributed by atoms with E-state index in [0.717, 1.165) is 37.5 Å². The van der Waals surface area contributed by atoms with Gasteiger partial charge in [0.15, 0.2) is 0 Å². The maximum absolute atomic E-state index is 6.47. The molecule has 0 aliphatic rings. The minimum Gasteiger partial charge on any atom is -0.369 e. The van der Waals surface area contributed by atoms with E-state index < -0.39 is 0 Å². The predicted octanol–water partition coefficient (Wildman–Crippen LogP) is 5.24. The van der Waals surface area contributed by atoms with Gasteiger partial charge in [0.2, 0.25) is 0 Å². The zero-order chi connectivity index (χ0) is 15.7. The van der Waals surface area contributed by atoms with Crippen LogP contribution in [0.4, 0.5) is 5.69 Å². The van der Waals surface area contributed by atoms with Crippen LogP contribution in [0.15, 0.2) is 18.2 Å². The summed E-state index contributed by atoms with van der Waals surface area (Å²) in [5, 5.41) is 4.29. The van der Waals surface area contributed by atoms with E-state index in [4.69, 9.17) is 11.6 Å². The van der Waals surface area contributed by atoms with Gasteiger partial charge in [-0.1, -0.05) is 44.9 Å². The van der Waals surface area contributed by atoms with Crippen LogP contribution >= 0.6 is 11.6 Å². The Morgan fingerprint density at radius 2 is 1.95 bits per heavy atom. The number of rotatable bonds is 10. The largest absolute Gasteiger partial charge is 0.369 e. The van der Waals surface area contributed by atoms with Crippen molar-refractivity contribution in [2.45, 2.75) is 66.0 Å². The van der Waals surface area contributed by atoms with Gasteiger partial charge in [0.25, 0.3) is 0 Å². The molecule has 0 amide bonds. The second-order valence-corrected chi connectivity index (χ2v) is 6.16. The molecule has 0 saturated carbocycles. The first kappa shape index (κ1) is 18.3. The Hall–Kier alpha value is -0.730. The molecule has 1 aromatic carbocycles. The molecule has 1 aromatic rings. The van der Waals surface area contributed by atoms with Crippen LogP contribution in [0.1, 0.15) is 58.9 Å². The molecule has 0 heterocycles. The van der Waals surface area contributed by atoms with Gasteiger partial charge < -0.3 is 10.2 Å². The summed E-state index contributed by atoms with van der Waals surface area (Å²) in [7, 11) is 0. The minimum absolute atomic E-state index is 0.552. The summed E-state index contributed by atoms with van der Waals surface area (Å²) >= 11 is 6.47. The summed E-state index contributed by atoms with van der Waals surface area (Å²) in [5.74, 6) is 0. The molecule has 0 spiro atoms. The van der Waals surface area contributed by atoms with Gasteiger partial charge >= 0.3 is 0 Å². The molecule has 1 unspecified atom stereocenters. The summed E-state index contributed by atoms with van der Waals surface area (Å²) in [6.45, 7) is 11.9. The summed E-state index contributed by atoms with van der Waals surface area (Å²) in [6, 6.07) is 7.07. The minimum atomic E-state index is 0.552. The van der Waals surface area contributed by atoms with Crippen LogP contribution in [0.3, 0.4) is 0 Å². The van der Waals surface area contributed by atoms with Crippen molar-refractivity contribution in [1.29, 1.82) is 0 Å². The number of hydrogen-bond acceptors (Lipinski definition) is 2. The maximum Gasteiger partial charge on any atom is 0.0471 e. The van der Waals surface area contributed by atoms with Gasteiger partial charge in [0, 0.05) is 29.8 Å². The zero-order valence-electron chi connectivity index (χ0n) is 14.1. The highest BCUT2D eigenvalue weighted by molar-refractivity contribution is 6.31. The first-order chi connectivity index (χ1) is 10.1. The molecule has 1 rings (SSSR count). The van der Waals surface area contributed by atoms with Gasteiger partial charge in [-0.05, 0) is 50.4 Å². The number of nitrogens with one attached hydrogen (secondary N) is 1.